The van der Waals surface area contributed by atoms with Gasteiger partial charge in [0.05, 0.1) is 11.4 Å². The van der Waals surface area contributed by atoms with Crippen LogP contribution in [-0.4, -0.2) is 38.6 Å². The minimum Gasteiger partial charge on any atom is -0.397 e. The van der Waals surface area contributed by atoms with Gasteiger partial charge in [0.1, 0.15) is 0 Å². The zero-order chi connectivity index (χ0) is 13.7. The van der Waals surface area contributed by atoms with E-state index in [0.717, 1.165) is 19.0 Å². The predicted molar refractivity (Wildman–Crippen MR) is 71.8 cm³/mol. The average Bonchev–Trinajstić information content (AvgIpc) is 2.31. The molecule has 0 atom stereocenters. The molecule has 0 aliphatic rings. The summed E-state index contributed by atoms with van der Waals surface area (Å²) in [4.78, 5) is 3.80. The normalized spacial score (nSPS) is 11.0. The largest absolute Gasteiger partial charge is 0.397 e. The molecule has 2 N–H and O–H groups in total. The van der Waals surface area contributed by atoms with Crippen molar-refractivity contribution in [2.24, 2.45) is 0 Å². The lowest BCUT2D eigenvalue weighted by Gasteiger charge is -2.27. The summed E-state index contributed by atoms with van der Waals surface area (Å²) in [5.41, 5.74) is 6.22. The third-order valence-corrected chi connectivity index (χ3v) is 2.73. The summed E-state index contributed by atoms with van der Waals surface area (Å²) in [7, 11) is 3.88. The van der Waals surface area contributed by atoms with E-state index in [1.807, 2.05) is 25.9 Å². The second-order valence-electron chi connectivity index (χ2n) is 4.59. The van der Waals surface area contributed by atoms with Gasteiger partial charge in [-0.3, -0.25) is 0 Å². The topological polar surface area (TPSA) is 32.5 Å². The summed E-state index contributed by atoms with van der Waals surface area (Å²) < 4.78 is 27.1. The number of likely N-dealkylation sites (N-methyl/N-ethyl adjacent to an activating group) is 1. The monoisotopic (exact) mass is 257 g/mol. The molecule has 1 rings (SSSR count). The molecule has 3 nitrogen and oxygen atoms in total. The molecule has 0 aliphatic carbocycles. The third kappa shape index (κ3) is 3.57. The number of halogens is 2. The van der Waals surface area contributed by atoms with Crippen molar-refractivity contribution in [3.05, 3.63) is 23.8 Å². The van der Waals surface area contributed by atoms with Gasteiger partial charge in [-0.1, -0.05) is 6.92 Å². The SMILES string of the molecule is CCCN(CCN(C)C)c1c(N)ccc(F)c1F. The van der Waals surface area contributed by atoms with Crippen LogP contribution in [0, 0.1) is 11.6 Å². The Bertz CT molecular complexity index is 394. The van der Waals surface area contributed by atoms with Crippen LogP contribution in [0.3, 0.4) is 0 Å². The molecule has 18 heavy (non-hydrogen) atoms. The lowest BCUT2D eigenvalue weighted by Crippen LogP contribution is -2.33. The molecule has 0 amide bonds. The molecule has 102 valence electrons. The first kappa shape index (κ1) is 14.7. The zero-order valence-electron chi connectivity index (χ0n) is 11.2. The predicted octanol–water partition coefficient (Wildman–Crippen LogP) is 2.33. The van der Waals surface area contributed by atoms with Gasteiger partial charge in [0.25, 0.3) is 0 Å². The molecule has 1 aromatic carbocycles. The molecule has 0 radical (unpaired) electrons. The Balaban J connectivity index is 3.01. The zero-order valence-corrected chi connectivity index (χ0v) is 11.2. The van der Waals surface area contributed by atoms with E-state index in [9.17, 15) is 8.78 Å². The Hall–Kier alpha value is -1.36. The Morgan fingerprint density at radius 3 is 2.33 bits per heavy atom. The highest BCUT2D eigenvalue weighted by Crippen LogP contribution is 2.28. The van der Waals surface area contributed by atoms with Gasteiger partial charge in [0, 0.05) is 19.6 Å². The van der Waals surface area contributed by atoms with E-state index in [2.05, 4.69) is 0 Å². The summed E-state index contributed by atoms with van der Waals surface area (Å²) in [5, 5.41) is 0. The molecule has 0 unspecified atom stereocenters. The molecule has 0 aliphatic heterocycles. The molecule has 0 heterocycles. The highest BCUT2D eigenvalue weighted by Gasteiger charge is 2.17. The quantitative estimate of drug-likeness (QED) is 0.794. The summed E-state index contributed by atoms with van der Waals surface area (Å²) in [6.07, 6.45) is 0.850. The summed E-state index contributed by atoms with van der Waals surface area (Å²) in [5.74, 6) is -1.72. The minimum atomic E-state index is -0.859. The van der Waals surface area contributed by atoms with Crippen LogP contribution in [0.4, 0.5) is 20.2 Å². The summed E-state index contributed by atoms with van der Waals surface area (Å²) in [6, 6.07) is 2.47. The van der Waals surface area contributed by atoms with Crippen LogP contribution in [0.1, 0.15) is 13.3 Å². The number of hydrogen-bond acceptors (Lipinski definition) is 3. The Labute approximate surface area is 107 Å². The van der Waals surface area contributed by atoms with E-state index in [0.29, 0.717) is 13.1 Å². The molecule has 0 saturated heterocycles. The van der Waals surface area contributed by atoms with Crippen molar-refractivity contribution in [3.63, 3.8) is 0 Å². The van der Waals surface area contributed by atoms with Crippen molar-refractivity contribution in [2.75, 3.05) is 44.4 Å². The highest BCUT2D eigenvalue weighted by atomic mass is 19.2. The van der Waals surface area contributed by atoms with Crippen molar-refractivity contribution < 1.29 is 8.78 Å². The highest BCUT2D eigenvalue weighted by molar-refractivity contribution is 5.68. The first-order valence-corrected chi connectivity index (χ1v) is 6.10. The van der Waals surface area contributed by atoms with Crippen molar-refractivity contribution in [2.45, 2.75) is 13.3 Å². The number of hydrogen-bond donors (Lipinski definition) is 1. The fraction of sp³-hybridized carbons (Fsp3) is 0.538. The second-order valence-corrected chi connectivity index (χ2v) is 4.59. The van der Waals surface area contributed by atoms with Crippen molar-refractivity contribution in [3.8, 4) is 0 Å². The maximum Gasteiger partial charge on any atom is 0.184 e. The molecule has 0 spiro atoms. The average molecular weight is 257 g/mol. The molecular formula is C13H21F2N3. The number of nitrogen functional groups attached to an aromatic ring is 1. The number of nitrogens with two attached hydrogens (primary N) is 1. The first-order chi connectivity index (χ1) is 8.47. The van der Waals surface area contributed by atoms with Crippen molar-refractivity contribution in [1.82, 2.24) is 4.90 Å². The fourth-order valence-corrected chi connectivity index (χ4v) is 1.80. The smallest absolute Gasteiger partial charge is 0.184 e. The van der Waals surface area contributed by atoms with Gasteiger partial charge in [-0.2, -0.15) is 0 Å². The van der Waals surface area contributed by atoms with E-state index in [1.54, 1.807) is 4.90 Å². The molecule has 1 aromatic rings. The van der Waals surface area contributed by atoms with Gasteiger partial charge in [-0.15, -0.1) is 0 Å². The van der Waals surface area contributed by atoms with Gasteiger partial charge >= 0.3 is 0 Å². The number of nitrogens with zero attached hydrogens (tertiary/aromatic N) is 2. The standard InChI is InChI=1S/C13H21F2N3/c1-4-7-18(9-8-17(2)3)13-11(16)6-5-10(14)12(13)15/h5-6H,4,7-9,16H2,1-3H3. The van der Waals surface area contributed by atoms with Crippen LogP contribution in [0.15, 0.2) is 12.1 Å². The Kier molecular flexibility index (Phi) is 5.34. The van der Waals surface area contributed by atoms with Gasteiger partial charge in [0.2, 0.25) is 0 Å². The van der Waals surface area contributed by atoms with Crippen molar-refractivity contribution in [1.29, 1.82) is 0 Å². The lowest BCUT2D eigenvalue weighted by atomic mass is 10.2. The maximum absolute atomic E-state index is 13.9. The first-order valence-electron chi connectivity index (χ1n) is 6.10. The van der Waals surface area contributed by atoms with Crippen LogP contribution in [0.2, 0.25) is 0 Å². The van der Waals surface area contributed by atoms with E-state index < -0.39 is 11.6 Å². The number of rotatable bonds is 6. The van der Waals surface area contributed by atoms with Crippen LogP contribution < -0.4 is 10.6 Å². The Morgan fingerprint density at radius 1 is 1.11 bits per heavy atom. The molecule has 0 saturated carbocycles. The molecule has 0 bridgehead atoms. The third-order valence-electron chi connectivity index (χ3n) is 2.73. The molecule has 0 fully saturated rings. The van der Waals surface area contributed by atoms with Crippen LogP contribution in [-0.2, 0) is 0 Å². The number of benzene rings is 1. The van der Waals surface area contributed by atoms with Crippen LogP contribution in [0.25, 0.3) is 0 Å². The van der Waals surface area contributed by atoms with Gasteiger partial charge in [-0.05, 0) is 32.6 Å². The van der Waals surface area contributed by atoms with Gasteiger partial charge in [-0.25, -0.2) is 8.78 Å². The summed E-state index contributed by atoms with van der Waals surface area (Å²) >= 11 is 0. The summed E-state index contributed by atoms with van der Waals surface area (Å²) in [6.45, 7) is 4.02. The minimum absolute atomic E-state index is 0.179. The van der Waals surface area contributed by atoms with Crippen LogP contribution in [0.5, 0.6) is 0 Å². The van der Waals surface area contributed by atoms with E-state index in [1.165, 1.54) is 6.07 Å². The second kappa shape index (κ2) is 6.54. The molecule has 5 heteroatoms. The van der Waals surface area contributed by atoms with E-state index in [4.69, 9.17) is 5.73 Å². The molecule has 0 aromatic heterocycles. The Morgan fingerprint density at radius 2 is 1.78 bits per heavy atom. The maximum atomic E-state index is 13.9. The number of anilines is 2. The van der Waals surface area contributed by atoms with Gasteiger partial charge in [0.15, 0.2) is 11.6 Å². The fourth-order valence-electron chi connectivity index (χ4n) is 1.80. The van der Waals surface area contributed by atoms with Crippen molar-refractivity contribution >= 4 is 11.4 Å². The van der Waals surface area contributed by atoms with E-state index in [-0.39, 0.29) is 11.4 Å². The van der Waals surface area contributed by atoms with Gasteiger partial charge < -0.3 is 15.5 Å². The molecular weight excluding hydrogens is 236 g/mol. The lowest BCUT2D eigenvalue weighted by molar-refractivity contribution is 0.411. The van der Waals surface area contributed by atoms with Crippen LogP contribution >= 0.6 is 0 Å². The van der Waals surface area contributed by atoms with E-state index >= 15 is 0 Å².